The van der Waals surface area contributed by atoms with E-state index in [9.17, 15) is 9.90 Å². The van der Waals surface area contributed by atoms with E-state index in [2.05, 4.69) is 0 Å². The van der Waals surface area contributed by atoms with Gasteiger partial charge in [-0.25, -0.2) is 0 Å². The summed E-state index contributed by atoms with van der Waals surface area (Å²) >= 11 is 0. The van der Waals surface area contributed by atoms with Gasteiger partial charge in [0.15, 0.2) is 0 Å². The molecular formula is C13H16O4. The van der Waals surface area contributed by atoms with Crippen LogP contribution in [0.2, 0.25) is 0 Å². The SMILES string of the molecule is COC1(CC(=O)O)CCCc2c(O)cccc21. The molecule has 17 heavy (non-hydrogen) atoms. The Morgan fingerprint density at radius 1 is 1.53 bits per heavy atom. The topological polar surface area (TPSA) is 66.8 Å². The fraction of sp³-hybridized carbons (Fsp3) is 0.462. The molecule has 2 rings (SSSR count). The van der Waals surface area contributed by atoms with Crippen LogP contribution in [-0.2, 0) is 21.6 Å². The minimum absolute atomic E-state index is 0.0695. The summed E-state index contributed by atoms with van der Waals surface area (Å²) in [5.41, 5.74) is 0.841. The number of phenols is 1. The molecule has 0 saturated carbocycles. The van der Waals surface area contributed by atoms with E-state index in [1.165, 1.54) is 7.11 Å². The van der Waals surface area contributed by atoms with Crippen molar-refractivity contribution in [3.05, 3.63) is 29.3 Å². The molecule has 1 aromatic rings. The minimum atomic E-state index is -0.886. The van der Waals surface area contributed by atoms with E-state index in [-0.39, 0.29) is 12.2 Å². The second kappa shape index (κ2) is 4.37. The van der Waals surface area contributed by atoms with Crippen LogP contribution in [0, 0.1) is 0 Å². The second-order valence-electron chi connectivity index (χ2n) is 4.43. The smallest absolute Gasteiger partial charge is 0.306 e. The van der Waals surface area contributed by atoms with Crippen LogP contribution in [0.25, 0.3) is 0 Å². The number of aliphatic carboxylic acids is 1. The number of carbonyl (C=O) groups is 1. The van der Waals surface area contributed by atoms with Gasteiger partial charge < -0.3 is 14.9 Å². The standard InChI is InChI=1S/C13H16O4/c1-17-13(8-12(15)16)7-3-4-9-10(13)5-2-6-11(9)14/h2,5-6,14H,3-4,7-8H2,1H3,(H,15,16). The number of carboxylic acid groups (broad SMARTS) is 1. The predicted molar refractivity (Wildman–Crippen MR) is 62.0 cm³/mol. The van der Waals surface area contributed by atoms with Crippen LogP contribution in [0.15, 0.2) is 18.2 Å². The highest BCUT2D eigenvalue weighted by Crippen LogP contribution is 2.43. The second-order valence-corrected chi connectivity index (χ2v) is 4.43. The van der Waals surface area contributed by atoms with Crippen LogP contribution < -0.4 is 0 Å². The Bertz CT molecular complexity index is 441. The Kier molecular flexibility index (Phi) is 3.07. The lowest BCUT2D eigenvalue weighted by molar-refractivity contribution is -0.145. The first-order valence-corrected chi connectivity index (χ1v) is 5.67. The van der Waals surface area contributed by atoms with Crippen molar-refractivity contribution < 1.29 is 19.7 Å². The van der Waals surface area contributed by atoms with Gasteiger partial charge in [0.05, 0.1) is 6.42 Å². The summed E-state index contributed by atoms with van der Waals surface area (Å²) in [6.45, 7) is 0. The van der Waals surface area contributed by atoms with E-state index >= 15 is 0 Å². The van der Waals surface area contributed by atoms with Crippen molar-refractivity contribution >= 4 is 5.97 Å². The summed E-state index contributed by atoms with van der Waals surface area (Å²) in [5, 5.41) is 18.8. The molecule has 0 saturated heterocycles. The van der Waals surface area contributed by atoms with E-state index in [4.69, 9.17) is 9.84 Å². The first kappa shape index (κ1) is 11.9. The van der Waals surface area contributed by atoms with Crippen molar-refractivity contribution in [1.29, 1.82) is 0 Å². The van der Waals surface area contributed by atoms with Crippen molar-refractivity contribution in [1.82, 2.24) is 0 Å². The number of methoxy groups -OCH3 is 1. The molecule has 0 aromatic heterocycles. The maximum absolute atomic E-state index is 11.0. The van der Waals surface area contributed by atoms with Gasteiger partial charge in [0.25, 0.3) is 0 Å². The molecule has 1 unspecified atom stereocenters. The lowest BCUT2D eigenvalue weighted by Crippen LogP contribution is -2.35. The van der Waals surface area contributed by atoms with Crippen LogP contribution in [0.3, 0.4) is 0 Å². The highest BCUT2D eigenvalue weighted by Gasteiger charge is 2.39. The van der Waals surface area contributed by atoms with Gasteiger partial charge in [0, 0.05) is 7.11 Å². The molecule has 1 aliphatic rings. The number of aromatic hydroxyl groups is 1. The highest BCUT2D eigenvalue weighted by molar-refractivity contribution is 5.69. The third kappa shape index (κ3) is 2.00. The molecule has 0 spiro atoms. The number of hydrogen-bond donors (Lipinski definition) is 2. The fourth-order valence-corrected chi connectivity index (χ4v) is 2.66. The molecule has 0 amide bonds. The molecule has 2 N–H and O–H groups in total. The van der Waals surface area contributed by atoms with E-state index in [0.29, 0.717) is 6.42 Å². The summed E-state index contributed by atoms with van der Waals surface area (Å²) in [4.78, 5) is 11.0. The molecule has 4 heteroatoms. The Labute approximate surface area is 99.8 Å². The predicted octanol–water partition coefficient (Wildman–Crippen LogP) is 2.04. The molecule has 1 aromatic carbocycles. The minimum Gasteiger partial charge on any atom is -0.508 e. The maximum atomic E-state index is 11.0. The van der Waals surface area contributed by atoms with Crippen molar-refractivity contribution in [3.63, 3.8) is 0 Å². The third-order valence-electron chi connectivity index (χ3n) is 3.48. The van der Waals surface area contributed by atoms with Crippen LogP contribution in [0.5, 0.6) is 5.75 Å². The van der Waals surface area contributed by atoms with Gasteiger partial charge in [0.1, 0.15) is 11.4 Å². The van der Waals surface area contributed by atoms with Gasteiger partial charge in [-0.15, -0.1) is 0 Å². The molecular weight excluding hydrogens is 220 g/mol. The Morgan fingerprint density at radius 3 is 2.94 bits per heavy atom. The highest BCUT2D eigenvalue weighted by atomic mass is 16.5. The normalized spacial score (nSPS) is 23.1. The van der Waals surface area contributed by atoms with Gasteiger partial charge in [0.2, 0.25) is 0 Å². The molecule has 0 bridgehead atoms. The maximum Gasteiger partial charge on any atom is 0.306 e. The molecule has 0 heterocycles. The average molecular weight is 236 g/mol. The van der Waals surface area contributed by atoms with Gasteiger partial charge in [-0.3, -0.25) is 4.79 Å². The quantitative estimate of drug-likeness (QED) is 0.842. The van der Waals surface area contributed by atoms with Crippen LogP contribution in [0.1, 0.15) is 30.4 Å². The largest absolute Gasteiger partial charge is 0.508 e. The van der Waals surface area contributed by atoms with Gasteiger partial charge in [-0.2, -0.15) is 0 Å². The van der Waals surface area contributed by atoms with Crippen LogP contribution in [-0.4, -0.2) is 23.3 Å². The van der Waals surface area contributed by atoms with Crippen molar-refractivity contribution in [2.24, 2.45) is 0 Å². The van der Waals surface area contributed by atoms with Gasteiger partial charge in [-0.05, 0) is 36.5 Å². The first-order valence-electron chi connectivity index (χ1n) is 5.67. The molecule has 4 nitrogen and oxygen atoms in total. The summed E-state index contributed by atoms with van der Waals surface area (Å²) < 4.78 is 5.48. The van der Waals surface area contributed by atoms with E-state index in [0.717, 1.165) is 24.0 Å². The lowest BCUT2D eigenvalue weighted by atomic mass is 9.76. The van der Waals surface area contributed by atoms with Crippen molar-refractivity contribution in [3.8, 4) is 5.75 Å². The Balaban J connectivity index is 2.51. The third-order valence-corrected chi connectivity index (χ3v) is 3.48. The zero-order valence-electron chi connectivity index (χ0n) is 9.77. The van der Waals surface area contributed by atoms with Crippen LogP contribution in [0.4, 0.5) is 0 Å². The number of fused-ring (bicyclic) bond motifs is 1. The molecule has 92 valence electrons. The van der Waals surface area contributed by atoms with Gasteiger partial charge in [-0.1, -0.05) is 12.1 Å². The number of phenolic OH excluding ortho intramolecular Hbond substituents is 1. The number of hydrogen-bond acceptors (Lipinski definition) is 3. The number of carboxylic acids is 1. The zero-order valence-corrected chi connectivity index (χ0v) is 9.77. The Hall–Kier alpha value is -1.55. The fourth-order valence-electron chi connectivity index (χ4n) is 2.66. The van der Waals surface area contributed by atoms with Crippen molar-refractivity contribution in [2.45, 2.75) is 31.3 Å². The molecule has 1 aliphatic carbocycles. The van der Waals surface area contributed by atoms with E-state index < -0.39 is 11.6 Å². The van der Waals surface area contributed by atoms with Gasteiger partial charge >= 0.3 is 5.97 Å². The molecule has 0 aliphatic heterocycles. The number of ether oxygens (including phenoxy) is 1. The van der Waals surface area contributed by atoms with E-state index in [1.807, 2.05) is 6.07 Å². The van der Waals surface area contributed by atoms with Crippen molar-refractivity contribution in [2.75, 3.05) is 7.11 Å². The summed E-state index contributed by atoms with van der Waals surface area (Å²) in [6, 6.07) is 5.21. The molecule has 0 fully saturated rings. The monoisotopic (exact) mass is 236 g/mol. The molecule has 0 radical (unpaired) electrons. The first-order chi connectivity index (χ1) is 8.09. The lowest BCUT2D eigenvalue weighted by Gasteiger charge is -2.37. The zero-order chi connectivity index (χ0) is 12.5. The van der Waals surface area contributed by atoms with Crippen LogP contribution >= 0.6 is 0 Å². The average Bonchev–Trinajstić information content (AvgIpc) is 2.30. The Morgan fingerprint density at radius 2 is 2.29 bits per heavy atom. The summed E-state index contributed by atoms with van der Waals surface area (Å²) in [7, 11) is 1.53. The molecule has 1 atom stereocenters. The number of benzene rings is 1. The van der Waals surface area contributed by atoms with E-state index in [1.54, 1.807) is 12.1 Å². The summed E-state index contributed by atoms with van der Waals surface area (Å²) in [6.07, 6.45) is 2.20. The summed E-state index contributed by atoms with van der Waals surface area (Å²) in [5.74, 6) is -0.656. The number of rotatable bonds is 3.